The summed E-state index contributed by atoms with van der Waals surface area (Å²) in [6.45, 7) is 8.06. The third kappa shape index (κ3) is 3.60. The highest BCUT2D eigenvalue weighted by molar-refractivity contribution is 5.94. The molecule has 20 heavy (non-hydrogen) atoms. The van der Waals surface area contributed by atoms with Gasteiger partial charge in [0.2, 0.25) is 0 Å². The molecule has 1 aliphatic rings. The molecule has 0 radical (unpaired) electrons. The molecular formula is C17H26N2O. The molecule has 0 bridgehead atoms. The summed E-state index contributed by atoms with van der Waals surface area (Å²) < 4.78 is 0. The van der Waals surface area contributed by atoms with Crippen LogP contribution in [0.4, 0.5) is 0 Å². The van der Waals surface area contributed by atoms with Gasteiger partial charge in [0, 0.05) is 31.7 Å². The standard InChI is InChI=1S/C17H26N2O/c1-4-6-14(2)15-7-5-8-16(13-15)17(20)19-11-9-18(3)10-12-19/h5,7-8,13-14H,4,6,9-12H2,1-3H3. The number of carbonyl (C=O) groups excluding carboxylic acids is 1. The molecule has 3 nitrogen and oxygen atoms in total. The topological polar surface area (TPSA) is 23.6 Å². The van der Waals surface area contributed by atoms with E-state index < -0.39 is 0 Å². The molecule has 1 saturated heterocycles. The first-order chi connectivity index (χ1) is 9.61. The SMILES string of the molecule is CCCC(C)c1cccc(C(=O)N2CCN(C)CC2)c1. The molecule has 1 fully saturated rings. The first-order valence-electron chi connectivity index (χ1n) is 7.69. The summed E-state index contributed by atoms with van der Waals surface area (Å²) in [5, 5.41) is 0. The van der Waals surface area contributed by atoms with Crippen molar-refractivity contribution in [2.75, 3.05) is 33.2 Å². The third-order valence-corrected chi connectivity index (χ3v) is 4.21. The molecule has 0 saturated carbocycles. The van der Waals surface area contributed by atoms with Crippen molar-refractivity contribution in [3.63, 3.8) is 0 Å². The van der Waals surface area contributed by atoms with Gasteiger partial charge in [-0.15, -0.1) is 0 Å². The van der Waals surface area contributed by atoms with Crippen LogP contribution in [-0.2, 0) is 0 Å². The van der Waals surface area contributed by atoms with E-state index >= 15 is 0 Å². The number of hydrogen-bond acceptors (Lipinski definition) is 2. The molecule has 1 aromatic rings. The maximum Gasteiger partial charge on any atom is 0.253 e. The van der Waals surface area contributed by atoms with Crippen LogP contribution in [0.15, 0.2) is 24.3 Å². The van der Waals surface area contributed by atoms with Crippen LogP contribution in [0.1, 0.15) is 48.5 Å². The molecule has 1 unspecified atom stereocenters. The molecule has 1 amide bonds. The quantitative estimate of drug-likeness (QED) is 0.842. The smallest absolute Gasteiger partial charge is 0.253 e. The van der Waals surface area contributed by atoms with Gasteiger partial charge < -0.3 is 9.80 Å². The van der Waals surface area contributed by atoms with Gasteiger partial charge in [-0.25, -0.2) is 0 Å². The van der Waals surface area contributed by atoms with Gasteiger partial charge in [-0.2, -0.15) is 0 Å². The second-order valence-corrected chi connectivity index (χ2v) is 5.91. The van der Waals surface area contributed by atoms with Crippen molar-refractivity contribution in [2.45, 2.75) is 32.6 Å². The van der Waals surface area contributed by atoms with Crippen LogP contribution in [0.5, 0.6) is 0 Å². The van der Waals surface area contributed by atoms with E-state index in [2.05, 4.69) is 37.9 Å². The molecule has 0 spiro atoms. The molecular weight excluding hydrogens is 248 g/mol. The lowest BCUT2D eigenvalue weighted by Crippen LogP contribution is -2.47. The van der Waals surface area contributed by atoms with E-state index in [-0.39, 0.29) is 5.91 Å². The normalized spacial score (nSPS) is 18.1. The Hall–Kier alpha value is -1.35. The molecule has 1 aliphatic heterocycles. The van der Waals surface area contributed by atoms with Gasteiger partial charge in [0.1, 0.15) is 0 Å². The molecule has 1 heterocycles. The van der Waals surface area contributed by atoms with E-state index in [4.69, 9.17) is 0 Å². The summed E-state index contributed by atoms with van der Waals surface area (Å²) in [7, 11) is 2.11. The highest BCUT2D eigenvalue weighted by Crippen LogP contribution is 2.22. The average Bonchev–Trinajstić information content (AvgIpc) is 2.48. The monoisotopic (exact) mass is 274 g/mol. The predicted molar refractivity (Wildman–Crippen MR) is 83.2 cm³/mol. The maximum absolute atomic E-state index is 12.5. The first-order valence-corrected chi connectivity index (χ1v) is 7.69. The van der Waals surface area contributed by atoms with E-state index in [1.165, 1.54) is 18.4 Å². The highest BCUT2D eigenvalue weighted by Gasteiger charge is 2.20. The number of piperazine rings is 1. The summed E-state index contributed by atoms with van der Waals surface area (Å²) in [5.74, 6) is 0.712. The fraction of sp³-hybridized carbons (Fsp3) is 0.588. The predicted octanol–water partition coefficient (Wildman–Crippen LogP) is 2.98. The van der Waals surface area contributed by atoms with E-state index in [1.807, 2.05) is 17.0 Å². The lowest BCUT2D eigenvalue weighted by molar-refractivity contribution is 0.0664. The van der Waals surface area contributed by atoms with Crippen LogP contribution >= 0.6 is 0 Å². The summed E-state index contributed by atoms with van der Waals surface area (Å²) in [5.41, 5.74) is 2.13. The lowest BCUT2D eigenvalue weighted by Gasteiger charge is -2.32. The Morgan fingerprint density at radius 2 is 1.95 bits per heavy atom. The van der Waals surface area contributed by atoms with Gasteiger partial charge in [0.05, 0.1) is 0 Å². The zero-order valence-corrected chi connectivity index (χ0v) is 12.9. The number of rotatable bonds is 4. The molecule has 1 aromatic carbocycles. The Morgan fingerprint density at radius 1 is 1.25 bits per heavy atom. The van der Waals surface area contributed by atoms with Crippen molar-refractivity contribution in [3.8, 4) is 0 Å². The maximum atomic E-state index is 12.5. The van der Waals surface area contributed by atoms with Crippen molar-refractivity contribution in [1.82, 2.24) is 9.80 Å². The van der Waals surface area contributed by atoms with Crippen molar-refractivity contribution < 1.29 is 4.79 Å². The summed E-state index contributed by atoms with van der Waals surface area (Å²) in [6.07, 6.45) is 2.35. The first kappa shape index (κ1) is 15.0. The number of nitrogens with zero attached hydrogens (tertiary/aromatic N) is 2. The van der Waals surface area contributed by atoms with Gasteiger partial charge in [-0.05, 0) is 37.1 Å². The molecule has 2 rings (SSSR count). The second-order valence-electron chi connectivity index (χ2n) is 5.91. The number of hydrogen-bond donors (Lipinski definition) is 0. The van der Waals surface area contributed by atoms with Crippen LogP contribution in [0, 0.1) is 0 Å². The Labute approximate surface area is 122 Å². The van der Waals surface area contributed by atoms with Gasteiger partial charge in [-0.3, -0.25) is 4.79 Å². The Balaban J connectivity index is 2.08. The van der Waals surface area contributed by atoms with Gasteiger partial charge >= 0.3 is 0 Å². The van der Waals surface area contributed by atoms with Crippen LogP contribution in [-0.4, -0.2) is 48.9 Å². The van der Waals surface area contributed by atoms with Crippen molar-refractivity contribution in [2.24, 2.45) is 0 Å². The molecule has 0 aromatic heterocycles. The Bertz CT molecular complexity index is 450. The molecule has 0 aliphatic carbocycles. The van der Waals surface area contributed by atoms with Gasteiger partial charge in [0.15, 0.2) is 0 Å². The molecule has 3 heteroatoms. The van der Waals surface area contributed by atoms with Crippen LogP contribution in [0.25, 0.3) is 0 Å². The van der Waals surface area contributed by atoms with Crippen LogP contribution in [0.3, 0.4) is 0 Å². The fourth-order valence-corrected chi connectivity index (χ4v) is 2.77. The number of benzene rings is 1. The summed E-state index contributed by atoms with van der Waals surface area (Å²) >= 11 is 0. The van der Waals surface area contributed by atoms with Gasteiger partial charge in [0.25, 0.3) is 5.91 Å². The minimum atomic E-state index is 0.184. The number of carbonyl (C=O) groups is 1. The van der Waals surface area contributed by atoms with E-state index in [0.29, 0.717) is 5.92 Å². The van der Waals surface area contributed by atoms with Crippen molar-refractivity contribution in [1.29, 1.82) is 0 Å². The zero-order chi connectivity index (χ0) is 14.5. The fourth-order valence-electron chi connectivity index (χ4n) is 2.77. The Morgan fingerprint density at radius 3 is 2.60 bits per heavy atom. The lowest BCUT2D eigenvalue weighted by atomic mass is 9.95. The zero-order valence-electron chi connectivity index (χ0n) is 12.9. The van der Waals surface area contributed by atoms with E-state index in [9.17, 15) is 4.79 Å². The molecule has 1 atom stereocenters. The third-order valence-electron chi connectivity index (χ3n) is 4.21. The second kappa shape index (κ2) is 6.89. The van der Waals surface area contributed by atoms with Crippen molar-refractivity contribution >= 4 is 5.91 Å². The average molecular weight is 274 g/mol. The van der Waals surface area contributed by atoms with E-state index in [1.54, 1.807) is 0 Å². The number of likely N-dealkylation sites (N-methyl/N-ethyl adjacent to an activating group) is 1. The number of amides is 1. The molecule has 0 N–H and O–H groups in total. The van der Waals surface area contributed by atoms with E-state index in [0.717, 1.165) is 31.7 Å². The largest absolute Gasteiger partial charge is 0.336 e. The minimum Gasteiger partial charge on any atom is -0.336 e. The summed E-state index contributed by atoms with van der Waals surface area (Å²) in [4.78, 5) is 16.8. The summed E-state index contributed by atoms with van der Waals surface area (Å²) in [6, 6.07) is 8.19. The highest BCUT2D eigenvalue weighted by atomic mass is 16.2. The molecule has 110 valence electrons. The van der Waals surface area contributed by atoms with Gasteiger partial charge in [-0.1, -0.05) is 32.4 Å². The van der Waals surface area contributed by atoms with Crippen LogP contribution in [0.2, 0.25) is 0 Å². The van der Waals surface area contributed by atoms with Crippen LogP contribution < -0.4 is 0 Å². The Kier molecular flexibility index (Phi) is 5.18. The minimum absolute atomic E-state index is 0.184. The van der Waals surface area contributed by atoms with Crippen molar-refractivity contribution in [3.05, 3.63) is 35.4 Å².